The van der Waals surface area contributed by atoms with Crippen LogP contribution in [-0.2, 0) is 13.0 Å². The fraction of sp³-hybridized carbons (Fsp3) is 0.214. The van der Waals surface area contributed by atoms with E-state index in [0.717, 1.165) is 12.0 Å². The van der Waals surface area contributed by atoms with E-state index in [1.807, 2.05) is 18.2 Å². The van der Waals surface area contributed by atoms with E-state index >= 15 is 0 Å². The van der Waals surface area contributed by atoms with Crippen molar-refractivity contribution in [3.63, 3.8) is 0 Å². The zero-order chi connectivity index (χ0) is 13.7. The number of amides is 1. The van der Waals surface area contributed by atoms with Gasteiger partial charge in [-0.15, -0.1) is 0 Å². The number of hydrogen-bond acceptors (Lipinski definition) is 4. The van der Waals surface area contributed by atoms with Crippen LogP contribution in [-0.4, -0.2) is 15.9 Å². The number of nitrogens with zero attached hydrogens (tertiary/aromatic N) is 2. The molecule has 2 rings (SSSR count). The van der Waals surface area contributed by atoms with Gasteiger partial charge < -0.3 is 11.1 Å². The van der Waals surface area contributed by atoms with Crippen molar-refractivity contribution in [3.05, 3.63) is 53.5 Å². The molecule has 0 bridgehead atoms. The minimum atomic E-state index is -0.251. The van der Waals surface area contributed by atoms with Gasteiger partial charge in [-0.05, 0) is 17.5 Å². The van der Waals surface area contributed by atoms with Crippen molar-refractivity contribution in [1.82, 2.24) is 15.3 Å². The Morgan fingerprint density at radius 3 is 2.58 bits per heavy atom. The van der Waals surface area contributed by atoms with E-state index in [9.17, 15) is 4.79 Å². The molecular weight excluding hydrogens is 240 g/mol. The summed E-state index contributed by atoms with van der Waals surface area (Å²) in [5.41, 5.74) is 8.03. The Bertz CT molecular complexity index is 566. The van der Waals surface area contributed by atoms with Crippen LogP contribution in [0.15, 0.2) is 36.7 Å². The van der Waals surface area contributed by atoms with Crippen LogP contribution in [0.5, 0.6) is 0 Å². The largest absolute Gasteiger partial charge is 0.382 e. The zero-order valence-electron chi connectivity index (χ0n) is 10.8. The molecule has 1 amide bonds. The van der Waals surface area contributed by atoms with Crippen molar-refractivity contribution in [2.45, 2.75) is 19.9 Å². The quantitative estimate of drug-likeness (QED) is 0.869. The van der Waals surface area contributed by atoms with E-state index in [1.54, 1.807) is 0 Å². The van der Waals surface area contributed by atoms with Crippen LogP contribution in [0, 0.1) is 0 Å². The molecule has 98 valence electrons. The highest BCUT2D eigenvalue weighted by atomic mass is 16.1. The summed E-state index contributed by atoms with van der Waals surface area (Å²) in [7, 11) is 0. The summed E-state index contributed by atoms with van der Waals surface area (Å²) in [6.45, 7) is 2.57. The number of aryl methyl sites for hydroxylation is 1. The summed E-state index contributed by atoms with van der Waals surface area (Å²) in [4.78, 5) is 19.7. The van der Waals surface area contributed by atoms with Gasteiger partial charge in [-0.3, -0.25) is 4.79 Å². The van der Waals surface area contributed by atoms with E-state index in [1.165, 1.54) is 18.0 Å². The van der Waals surface area contributed by atoms with Gasteiger partial charge in [-0.1, -0.05) is 31.2 Å². The van der Waals surface area contributed by atoms with Gasteiger partial charge in [-0.2, -0.15) is 0 Å². The van der Waals surface area contributed by atoms with Gasteiger partial charge in [0, 0.05) is 6.54 Å². The van der Waals surface area contributed by atoms with E-state index in [2.05, 4.69) is 28.3 Å². The molecule has 0 aliphatic heterocycles. The Morgan fingerprint density at radius 2 is 1.95 bits per heavy atom. The summed E-state index contributed by atoms with van der Waals surface area (Å²) < 4.78 is 0. The Kier molecular flexibility index (Phi) is 4.07. The molecule has 0 saturated heterocycles. The number of carbonyl (C=O) groups is 1. The van der Waals surface area contributed by atoms with Gasteiger partial charge >= 0.3 is 0 Å². The number of nitrogens with two attached hydrogens (primary N) is 1. The summed E-state index contributed by atoms with van der Waals surface area (Å²) in [5.74, 6) is 0.0475. The third-order valence-electron chi connectivity index (χ3n) is 2.84. The first kappa shape index (κ1) is 13.0. The molecule has 0 radical (unpaired) electrons. The lowest BCUT2D eigenvalue weighted by atomic mass is 10.1. The SMILES string of the molecule is CCc1ccccc1CNC(=O)c1cnc(N)cn1. The van der Waals surface area contributed by atoms with Gasteiger partial charge in [0.2, 0.25) is 0 Å². The number of nitrogens with one attached hydrogen (secondary N) is 1. The molecule has 0 saturated carbocycles. The average molecular weight is 256 g/mol. The van der Waals surface area contributed by atoms with Gasteiger partial charge in [-0.25, -0.2) is 9.97 Å². The highest BCUT2D eigenvalue weighted by molar-refractivity contribution is 5.91. The molecule has 0 atom stereocenters. The van der Waals surface area contributed by atoms with Crippen molar-refractivity contribution in [1.29, 1.82) is 0 Å². The number of benzene rings is 1. The second kappa shape index (κ2) is 5.95. The van der Waals surface area contributed by atoms with E-state index in [0.29, 0.717) is 12.4 Å². The van der Waals surface area contributed by atoms with Crippen LogP contribution >= 0.6 is 0 Å². The van der Waals surface area contributed by atoms with Crippen LogP contribution in [0.3, 0.4) is 0 Å². The van der Waals surface area contributed by atoms with E-state index < -0.39 is 0 Å². The number of aromatic nitrogens is 2. The maximum Gasteiger partial charge on any atom is 0.271 e. The van der Waals surface area contributed by atoms with Gasteiger partial charge in [0.15, 0.2) is 0 Å². The average Bonchev–Trinajstić information content (AvgIpc) is 2.45. The lowest BCUT2D eigenvalue weighted by Crippen LogP contribution is -2.24. The van der Waals surface area contributed by atoms with Crippen molar-refractivity contribution in [2.24, 2.45) is 0 Å². The maximum absolute atomic E-state index is 11.9. The molecule has 0 aliphatic carbocycles. The van der Waals surface area contributed by atoms with E-state index in [4.69, 9.17) is 5.73 Å². The van der Waals surface area contributed by atoms with Crippen LogP contribution < -0.4 is 11.1 Å². The van der Waals surface area contributed by atoms with Crippen LogP contribution in [0.2, 0.25) is 0 Å². The van der Waals surface area contributed by atoms with Crippen molar-refractivity contribution < 1.29 is 4.79 Å². The molecule has 0 fully saturated rings. The Balaban J connectivity index is 2.02. The molecule has 0 unspecified atom stereocenters. The van der Waals surface area contributed by atoms with Crippen LogP contribution in [0.1, 0.15) is 28.5 Å². The minimum absolute atomic E-state index is 0.251. The number of anilines is 1. The number of carbonyl (C=O) groups excluding carboxylic acids is 1. The fourth-order valence-corrected chi connectivity index (χ4v) is 1.80. The van der Waals surface area contributed by atoms with Gasteiger partial charge in [0.25, 0.3) is 5.91 Å². The molecule has 0 aliphatic rings. The smallest absolute Gasteiger partial charge is 0.271 e. The first-order valence-corrected chi connectivity index (χ1v) is 6.13. The Hall–Kier alpha value is -2.43. The number of hydrogen-bond donors (Lipinski definition) is 2. The number of rotatable bonds is 4. The lowest BCUT2D eigenvalue weighted by molar-refractivity contribution is 0.0945. The summed E-state index contributed by atoms with van der Waals surface area (Å²) in [5, 5.41) is 2.83. The van der Waals surface area contributed by atoms with Crippen LogP contribution in [0.25, 0.3) is 0 Å². The predicted molar refractivity (Wildman–Crippen MR) is 73.4 cm³/mol. The second-order valence-corrected chi connectivity index (χ2v) is 4.13. The lowest BCUT2D eigenvalue weighted by Gasteiger charge is -2.08. The molecule has 2 aromatic rings. The Labute approximate surface area is 111 Å². The molecule has 3 N–H and O–H groups in total. The normalized spacial score (nSPS) is 10.2. The maximum atomic E-state index is 11.9. The third-order valence-corrected chi connectivity index (χ3v) is 2.84. The minimum Gasteiger partial charge on any atom is -0.382 e. The first-order valence-electron chi connectivity index (χ1n) is 6.13. The molecular formula is C14H16N4O. The summed E-state index contributed by atoms with van der Waals surface area (Å²) in [6.07, 6.45) is 3.68. The highest BCUT2D eigenvalue weighted by Gasteiger charge is 2.08. The van der Waals surface area contributed by atoms with Gasteiger partial charge in [0.05, 0.1) is 12.4 Å². The highest BCUT2D eigenvalue weighted by Crippen LogP contribution is 2.09. The standard InChI is InChI=1S/C14H16N4O/c1-2-10-5-3-4-6-11(10)7-18-14(19)12-8-17-13(15)9-16-12/h3-6,8-9H,2,7H2,1H3,(H2,15,17)(H,18,19). The molecule has 1 aromatic heterocycles. The zero-order valence-corrected chi connectivity index (χ0v) is 10.8. The topological polar surface area (TPSA) is 80.9 Å². The molecule has 1 heterocycles. The monoisotopic (exact) mass is 256 g/mol. The van der Waals surface area contributed by atoms with Crippen molar-refractivity contribution in [3.8, 4) is 0 Å². The Morgan fingerprint density at radius 1 is 1.21 bits per heavy atom. The van der Waals surface area contributed by atoms with Crippen molar-refractivity contribution >= 4 is 11.7 Å². The molecule has 5 nitrogen and oxygen atoms in total. The fourth-order valence-electron chi connectivity index (χ4n) is 1.80. The molecule has 0 spiro atoms. The molecule has 5 heteroatoms. The van der Waals surface area contributed by atoms with Gasteiger partial charge in [0.1, 0.15) is 11.5 Å². The summed E-state index contributed by atoms with van der Waals surface area (Å²) >= 11 is 0. The predicted octanol–water partition coefficient (Wildman–Crippen LogP) is 1.55. The summed E-state index contributed by atoms with van der Waals surface area (Å²) in [6, 6.07) is 8.03. The third kappa shape index (κ3) is 3.28. The number of nitrogen functional groups attached to an aromatic ring is 1. The van der Waals surface area contributed by atoms with E-state index in [-0.39, 0.29) is 11.6 Å². The first-order chi connectivity index (χ1) is 9.20. The molecule has 1 aromatic carbocycles. The van der Waals surface area contributed by atoms with Crippen LogP contribution in [0.4, 0.5) is 5.82 Å². The second-order valence-electron chi connectivity index (χ2n) is 4.13. The molecule has 19 heavy (non-hydrogen) atoms. The van der Waals surface area contributed by atoms with Crippen molar-refractivity contribution in [2.75, 3.05) is 5.73 Å².